The average Bonchev–Trinajstić information content (AvgIpc) is 2.07. The molecule has 0 atom stereocenters. The molecule has 1 aromatic heterocycles. The molecule has 5 heteroatoms. The minimum atomic E-state index is -0.404. The van der Waals surface area contributed by atoms with Gasteiger partial charge in [0.05, 0.1) is 5.56 Å². The number of hydrogen-bond acceptors (Lipinski definition) is 4. The number of rotatable bonds is 2. The lowest BCUT2D eigenvalue weighted by Gasteiger charge is -1.97. The maximum absolute atomic E-state index is 8.38. The van der Waals surface area contributed by atoms with Crippen molar-refractivity contribution >= 4 is 7.69 Å². The summed E-state index contributed by atoms with van der Waals surface area (Å²) in [5.41, 5.74) is 0.468. The molecule has 1 heterocycles. The van der Waals surface area contributed by atoms with Crippen LogP contribution in [0.25, 0.3) is 0 Å². The Balaban J connectivity index is 2.76. The van der Waals surface area contributed by atoms with Crippen molar-refractivity contribution in [1.29, 1.82) is 5.26 Å². The Bertz CT molecular complexity index is 267. The molecule has 0 aliphatic carbocycles. The zero-order chi connectivity index (χ0) is 8.10. The van der Waals surface area contributed by atoms with Crippen LogP contribution < -0.4 is 4.65 Å². The van der Waals surface area contributed by atoms with E-state index in [0.717, 1.165) is 0 Å². The molecule has 1 aromatic rings. The molecule has 0 amide bonds. The molecule has 0 aliphatic rings. The third-order valence-corrected chi connectivity index (χ3v) is 1.08. The number of nitrogens with zero attached hydrogens (tertiary/aromatic N) is 2. The maximum atomic E-state index is 8.38. The van der Waals surface area contributed by atoms with Gasteiger partial charge < -0.3 is 9.68 Å². The third-order valence-electron chi connectivity index (χ3n) is 1.08. The standard InChI is InChI=1S/C6H5BN2O2/c8-3-5-1-2-6(9-4-5)11-7-10/h1-2,4,7,10H. The van der Waals surface area contributed by atoms with E-state index in [1.165, 1.54) is 12.3 Å². The van der Waals surface area contributed by atoms with Gasteiger partial charge in [0.1, 0.15) is 6.07 Å². The zero-order valence-electron chi connectivity index (χ0n) is 5.69. The van der Waals surface area contributed by atoms with E-state index in [1.807, 2.05) is 6.07 Å². The van der Waals surface area contributed by atoms with Crippen molar-refractivity contribution in [3.05, 3.63) is 23.9 Å². The lowest BCUT2D eigenvalue weighted by molar-refractivity contribution is 0.443. The van der Waals surface area contributed by atoms with Gasteiger partial charge >= 0.3 is 7.69 Å². The molecule has 0 bridgehead atoms. The molecule has 1 N–H and O–H groups in total. The molecule has 0 unspecified atom stereocenters. The zero-order valence-corrected chi connectivity index (χ0v) is 5.69. The molecule has 4 nitrogen and oxygen atoms in total. The number of nitriles is 1. The summed E-state index contributed by atoms with van der Waals surface area (Å²) < 4.78 is 4.64. The first-order valence-corrected chi connectivity index (χ1v) is 2.96. The monoisotopic (exact) mass is 148 g/mol. The highest BCUT2D eigenvalue weighted by Crippen LogP contribution is 2.04. The first-order chi connectivity index (χ1) is 5.36. The maximum Gasteiger partial charge on any atom is 0.505 e. The molecule has 1 rings (SSSR count). The molecule has 0 saturated heterocycles. The van der Waals surface area contributed by atoms with Crippen LogP contribution in [-0.2, 0) is 0 Å². The molecular weight excluding hydrogens is 143 g/mol. The van der Waals surface area contributed by atoms with Crippen molar-refractivity contribution in [2.45, 2.75) is 0 Å². The molecule has 54 valence electrons. The molecule has 0 spiro atoms. The Kier molecular flexibility index (Phi) is 2.47. The second-order valence-corrected chi connectivity index (χ2v) is 1.77. The topological polar surface area (TPSA) is 66.1 Å². The van der Waals surface area contributed by atoms with Crippen molar-refractivity contribution in [2.24, 2.45) is 0 Å². The average molecular weight is 148 g/mol. The van der Waals surface area contributed by atoms with E-state index in [0.29, 0.717) is 11.4 Å². The lowest BCUT2D eigenvalue weighted by Crippen LogP contribution is -2.01. The molecular formula is C6H5BN2O2. The van der Waals surface area contributed by atoms with Gasteiger partial charge in [-0.05, 0) is 12.1 Å². The summed E-state index contributed by atoms with van der Waals surface area (Å²) in [5, 5.41) is 16.7. The van der Waals surface area contributed by atoms with Gasteiger partial charge in [-0.1, -0.05) is 0 Å². The summed E-state index contributed by atoms with van der Waals surface area (Å²) >= 11 is 0. The van der Waals surface area contributed by atoms with Gasteiger partial charge in [0, 0.05) is 6.20 Å². The second kappa shape index (κ2) is 3.59. The minimum Gasteiger partial charge on any atom is -0.525 e. The third kappa shape index (κ3) is 1.95. The van der Waals surface area contributed by atoms with Crippen molar-refractivity contribution in [3.63, 3.8) is 0 Å². The quantitative estimate of drug-likeness (QED) is 0.579. The van der Waals surface area contributed by atoms with Crippen molar-refractivity contribution < 1.29 is 9.68 Å². The van der Waals surface area contributed by atoms with E-state index in [1.54, 1.807) is 6.07 Å². The van der Waals surface area contributed by atoms with Gasteiger partial charge in [0.2, 0.25) is 0 Å². The lowest BCUT2D eigenvalue weighted by atomic mass is 10.3. The van der Waals surface area contributed by atoms with E-state index in [2.05, 4.69) is 9.64 Å². The van der Waals surface area contributed by atoms with Crippen LogP contribution >= 0.6 is 0 Å². The molecule has 0 radical (unpaired) electrons. The number of pyridine rings is 1. The van der Waals surface area contributed by atoms with Crippen LogP contribution in [0.2, 0.25) is 0 Å². The summed E-state index contributed by atoms with van der Waals surface area (Å²) in [4.78, 5) is 3.73. The Morgan fingerprint density at radius 3 is 2.91 bits per heavy atom. The molecule has 0 saturated carbocycles. The van der Waals surface area contributed by atoms with Crippen LogP contribution in [-0.4, -0.2) is 17.7 Å². The smallest absolute Gasteiger partial charge is 0.505 e. The van der Waals surface area contributed by atoms with Crippen LogP contribution in [0.3, 0.4) is 0 Å². The number of hydrogen-bond donors (Lipinski definition) is 1. The van der Waals surface area contributed by atoms with E-state index >= 15 is 0 Å². The fraction of sp³-hybridized carbons (Fsp3) is 0. The minimum absolute atomic E-state index is 0.312. The van der Waals surface area contributed by atoms with Crippen molar-refractivity contribution in [1.82, 2.24) is 4.98 Å². The second-order valence-electron chi connectivity index (χ2n) is 1.77. The predicted molar refractivity (Wildman–Crippen MR) is 38.9 cm³/mol. The molecule has 0 aromatic carbocycles. The summed E-state index contributed by atoms with van der Waals surface area (Å²) in [6.45, 7) is 0. The van der Waals surface area contributed by atoms with E-state index in [9.17, 15) is 0 Å². The van der Waals surface area contributed by atoms with Gasteiger partial charge in [-0.2, -0.15) is 5.26 Å². The van der Waals surface area contributed by atoms with Crippen molar-refractivity contribution in [3.8, 4) is 11.9 Å². The first kappa shape index (κ1) is 7.57. The van der Waals surface area contributed by atoms with Crippen LogP contribution in [0, 0.1) is 11.3 Å². The summed E-state index contributed by atoms with van der Waals surface area (Å²) in [7, 11) is -0.404. The van der Waals surface area contributed by atoms with Crippen LogP contribution in [0.15, 0.2) is 18.3 Å². The fourth-order valence-corrected chi connectivity index (χ4v) is 0.598. The number of aromatic nitrogens is 1. The fourth-order valence-electron chi connectivity index (χ4n) is 0.598. The predicted octanol–water partition coefficient (Wildman–Crippen LogP) is -0.409. The SMILES string of the molecule is N#Cc1ccc(OBO)nc1. The van der Waals surface area contributed by atoms with E-state index < -0.39 is 7.69 Å². The van der Waals surface area contributed by atoms with Gasteiger partial charge in [0.25, 0.3) is 0 Å². The van der Waals surface area contributed by atoms with E-state index in [4.69, 9.17) is 10.3 Å². The highest BCUT2D eigenvalue weighted by molar-refractivity contribution is 6.17. The van der Waals surface area contributed by atoms with E-state index in [-0.39, 0.29) is 0 Å². The summed E-state index contributed by atoms with van der Waals surface area (Å²) in [5.74, 6) is 0.312. The summed E-state index contributed by atoms with van der Waals surface area (Å²) in [6.07, 6.45) is 1.38. The Labute approximate surface area is 64.4 Å². The molecule has 11 heavy (non-hydrogen) atoms. The summed E-state index contributed by atoms with van der Waals surface area (Å²) in [6, 6.07) is 5.01. The largest absolute Gasteiger partial charge is 0.525 e. The highest BCUT2D eigenvalue weighted by Gasteiger charge is 1.94. The molecule has 0 fully saturated rings. The van der Waals surface area contributed by atoms with Crippen LogP contribution in [0.4, 0.5) is 0 Å². The van der Waals surface area contributed by atoms with Crippen LogP contribution in [0.5, 0.6) is 5.88 Å². The highest BCUT2D eigenvalue weighted by atomic mass is 16.5. The van der Waals surface area contributed by atoms with Crippen LogP contribution in [0.1, 0.15) is 5.56 Å². The van der Waals surface area contributed by atoms with Gasteiger partial charge in [-0.25, -0.2) is 4.98 Å². The van der Waals surface area contributed by atoms with Crippen molar-refractivity contribution in [2.75, 3.05) is 0 Å². The molecule has 0 aliphatic heterocycles. The Hall–Kier alpha value is -1.54. The van der Waals surface area contributed by atoms with Gasteiger partial charge in [0.15, 0.2) is 5.88 Å². The van der Waals surface area contributed by atoms with Gasteiger partial charge in [-0.15, -0.1) is 0 Å². The first-order valence-electron chi connectivity index (χ1n) is 2.96. The normalized spacial score (nSPS) is 8.36. The Morgan fingerprint density at radius 2 is 2.45 bits per heavy atom. The van der Waals surface area contributed by atoms with Gasteiger partial charge in [-0.3, -0.25) is 0 Å². The Morgan fingerprint density at radius 1 is 1.64 bits per heavy atom.